The zero-order chi connectivity index (χ0) is 14.8. The summed E-state index contributed by atoms with van der Waals surface area (Å²) in [6.07, 6.45) is 5.96. The molecule has 1 saturated carbocycles. The van der Waals surface area contributed by atoms with Crippen molar-refractivity contribution in [3.8, 4) is 0 Å². The van der Waals surface area contributed by atoms with Gasteiger partial charge in [0.25, 0.3) is 5.89 Å². The number of aromatic nitrogens is 2. The minimum atomic E-state index is -0.921. The highest BCUT2D eigenvalue weighted by molar-refractivity contribution is 5.72. The summed E-state index contributed by atoms with van der Waals surface area (Å²) in [7, 11) is 0. The Morgan fingerprint density at radius 3 is 2.90 bits per heavy atom. The molecule has 0 radical (unpaired) electrons. The van der Waals surface area contributed by atoms with Crippen LogP contribution in [0.3, 0.4) is 0 Å². The topological polar surface area (TPSA) is 85.5 Å². The third kappa shape index (κ3) is 3.10. The van der Waals surface area contributed by atoms with Gasteiger partial charge < -0.3 is 14.4 Å². The molecule has 1 N–H and O–H groups in total. The summed E-state index contributed by atoms with van der Waals surface area (Å²) >= 11 is 0. The Balaban J connectivity index is 1.65. The highest BCUT2D eigenvalue weighted by Crippen LogP contribution is 2.38. The van der Waals surface area contributed by atoms with Crippen molar-refractivity contribution in [2.45, 2.75) is 70.0 Å². The molecule has 1 saturated heterocycles. The molecule has 6 nitrogen and oxygen atoms in total. The normalized spacial score (nSPS) is 33.2. The van der Waals surface area contributed by atoms with Gasteiger partial charge in [-0.2, -0.15) is 4.98 Å². The van der Waals surface area contributed by atoms with E-state index in [2.05, 4.69) is 17.1 Å². The van der Waals surface area contributed by atoms with Gasteiger partial charge >= 0.3 is 5.97 Å². The van der Waals surface area contributed by atoms with Crippen LogP contribution in [0.4, 0.5) is 0 Å². The lowest BCUT2D eigenvalue weighted by atomic mass is 9.80. The Kier molecular flexibility index (Phi) is 4.24. The zero-order valence-corrected chi connectivity index (χ0v) is 12.3. The van der Waals surface area contributed by atoms with Crippen molar-refractivity contribution < 1.29 is 19.2 Å². The maximum atomic E-state index is 10.9. The van der Waals surface area contributed by atoms with Crippen molar-refractivity contribution in [2.24, 2.45) is 5.92 Å². The molecule has 1 aliphatic carbocycles. The monoisotopic (exact) mass is 294 g/mol. The molecular weight excluding hydrogens is 272 g/mol. The van der Waals surface area contributed by atoms with E-state index in [0.717, 1.165) is 24.6 Å². The number of carboxylic acids is 1. The summed E-state index contributed by atoms with van der Waals surface area (Å²) < 4.78 is 10.8. The van der Waals surface area contributed by atoms with Gasteiger partial charge in [0.1, 0.15) is 6.10 Å². The van der Waals surface area contributed by atoms with E-state index in [0.29, 0.717) is 24.7 Å². The number of ether oxygens (including phenoxy) is 1. The second kappa shape index (κ2) is 6.13. The van der Waals surface area contributed by atoms with Gasteiger partial charge in [0.2, 0.25) is 0 Å². The third-order valence-corrected chi connectivity index (χ3v) is 4.75. The molecule has 2 fully saturated rings. The van der Waals surface area contributed by atoms with Gasteiger partial charge in [-0.1, -0.05) is 31.3 Å². The number of hydrogen-bond acceptors (Lipinski definition) is 5. The number of rotatable bonds is 4. The van der Waals surface area contributed by atoms with E-state index in [-0.39, 0.29) is 6.10 Å². The fourth-order valence-electron chi connectivity index (χ4n) is 3.44. The van der Waals surface area contributed by atoms with Crippen LogP contribution in [-0.2, 0) is 9.53 Å². The third-order valence-electron chi connectivity index (χ3n) is 4.75. The van der Waals surface area contributed by atoms with Crippen LogP contribution >= 0.6 is 0 Å². The first-order valence-corrected chi connectivity index (χ1v) is 7.89. The maximum absolute atomic E-state index is 10.9. The van der Waals surface area contributed by atoms with Crippen LogP contribution < -0.4 is 0 Å². The van der Waals surface area contributed by atoms with Gasteiger partial charge in [0, 0.05) is 5.92 Å². The summed E-state index contributed by atoms with van der Waals surface area (Å²) in [6, 6.07) is 0. The van der Waals surface area contributed by atoms with Crippen LogP contribution in [0.5, 0.6) is 0 Å². The van der Waals surface area contributed by atoms with Gasteiger partial charge in [-0.3, -0.25) is 0 Å². The van der Waals surface area contributed by atoms with Crippen LogP contribution in [-0.4, -0.2) is 27.3 Å². The zero-order valence-electron chi connectivity index (χ0n) is 12.3. The van der Waals surface area contributed by atoms with E-state index in [9.17, 15) is 4.79 Å². The Bertz CT molecular complexity index is 502. The molecule has 0 bridgehead atoms. The molecule has 21 heavy (non-hydrogen) atoms. The van der Waals surface area contributed by atoms with E-state index in [1.807, 2.05) is 0 Å². The predicted molar refractivity (Wildman–Crippen MR) is 73.8 cm³/mol. The van der Waals surface area contributed by atoms with E-state index in [4.69, 9.17) is 14.4 Å². The van der Waals surface area contributed by atoms with Gasteiger partial charge in [-0.25, -0.2) is 4.79 Å². The lowest BCUT2D eigenvalue weighted by Gasteiger charge is -2.26. The molecule has 1 aromatic rings. The molecule has 0 spiro atoms. The fraction of sp³-hybridized carbons (Fsp3) is 0.800. The van der Waals surface area contributed by atoms with Crippen LogP contribution in [0, 0.1) is 5.92 Å². The molecule has 2 aliphatic rings. The number of carbonyl (C=O) groups is 1. The smallest absolute Gasteiger partial charge is 0.332 e. The quantitative estimate of drug-likeness (QED) is 0.918. The van der Waals surface area contributed by atoms with E-state index < -0.39 is 12.1 Å². The van der Waals surface area contributed by atoms with Crippen molar-refractivity contribution >= 4 is 5.97 Å². The van der Waals surface area contributed by atoms with Crippen molar-refractivity contribution in [3.05, 3.63) is 11.7 Å². The Morgan fingerprint density at radius 2 is 2.19 bits per heavy atom. The van der Waals surface area contributed by atoms with Crippen molar-refractivity contribution in [2.75, 3.05) is 0 Å². The number of hydrogen-bond donors (Lipinski definition) is 1. The summed E-state index contributed by atoms with van der Waals surface area (Å²) in [5.74, 6) is 1.41. The number of nitrogens with zero attached hydrogens (tertiary/aromatic N) is 2. The second-order valence-electron chi connectivity index (χ2n) is 6.16. The average Bonchev–Trinajstić information content (AvgIpc) is 3.16. The molecule has 3 rings (SSSR count). The predicted octanol–water partition coefficient (Wildman–Crippen LogP) is 3.06. The SMILES string of the molecule is CCC1CCCC(c2noc(C3CCC(C(=O)O)O3)n2)C1. The van der Waals surface area contributed by atoms with Crippen molar-refractivity contribution in [1.82, 2.24) is 10.1 Å². The van der Waals surface area contributed by atoms with E-state index in [1.165, 1.54) is 19.3 Å². The maximum Gasteiger partial charge on any atom is 0.332 e. The molecule has 0 amide bonds. The highest BCUT2D eigenvalue weighted by Gasteiger charge is 2.35. The molecule has 4 atom stereocenters. The van der Waals surface area contributed by atoms with Crippen LogP contribution in [0.2, 0.25) is 0 Å². The minimum absolute atomic E-state index is 0.363. The van der Waals surface area contributed by atoms with Crippen LogP contribution in [0.15, 0.2) is 4.52 Å². The molecule has 2 heterocycles. The molecular formula is C15H22N2O4. The molecule has 6 heteroatoms. The molecule has 116 valence electrons. The lowest BCUT2D eigenvalue weighted by molar-refractivity contribution is -0.150. The van der Waals surface area contributed by atoms with E-state index >= 15 is 0 Å². The van der Waals surface area contributed by atoms with Gasteiger partial charge in [0.15, 0.2) is 11.9 Å². The van der Waals surface area contributed by atoms with Gasteiger partial charge in [-0.15, -0.1) is 0 Å². The first-order chi connectivity index (χ1) is 10.2. The summed E-state index contributed by atoms with van der Waals surface area (Å²) in [4.78, 5) is 15.4. The largest absolute Gasteiger partial charge is 0.479 e. The number of aliphatic carboxylic acids is 1. The summed E-state index contributed by atoms with van der Waals surface area (Å²) in [5, 5.41) is 13.1. The first kappa shape index (κ1) is 14.5. The standard InChI is InChI=1S/C15H22N2O4/c1-2-9-4-3-5-10(8-9)13-16-14(21-17-13)11-6-7-12(20-11)15(18)19/h9-12H,2-8H2,1H3,(H,18,19). The molecule has 1 aliphatic heterocycles. The molecule has 0 aromatic carbocycles. The summed E-state index contributed by atoms with van der Waals surface area (Å²) in [5.41, 5.74) is 0. The van der Waals surface area contributed by atoms with E-state index in [1.54, 1.807) is 0 Å². The lowest BCUT2D eigenvalue weighted by Crippen LogP contribution is -2.18. The minimum Gasteiger partial charge on any atom is -0.479 e. The van der Waals surface area contributed by atoms with Crippen molar-refractivity contribution in [3.63, 3.8) is 0 Å². The van der Waals surface area contributed by atoms with Crippen LogP contribution in [0.25, 0.3) is 0 Å². The average molecular weight is 294 g/mol. The highest BCUT2D eigenvalue weighted by atomic mass is 16.5. The number of carboxylic acid groups (broad SMARTS) is 1. The van der Waals surface area contributed by atoms with Gasteiger partial charge in [-0.05, 0) is 31.6 Å². The van der Waals surface area contributed by atoms with Gasteiger partial charge in [0.05, 0.1) is 0 Å². The summed E-state index contributed by atoms with van der Waals surface area (Å²) in [6.45, 7) is 2.23. The fourth-order valence-corrected chi connectivity index (χ4v) is 3.44. The molecule has 1 aromatic heterocycles. The second-order valence-corrected chi connectivity index (χ2v) is 6.16. The Labute approximate surface area is 123 Å². The first-order valence-electron chi connectivity index (χ1n) is 7.89. The molecule has 4 unspecified atom stereocenters. The van der Waals surface area contributed by atoms with Crippen LogP contribution in [0.1, 0.15) is 75.6 Å². The Hall–Kier alpha value is -1.43. The van der Waals surface area contributed by atoms with Crippen molar-refractivity contribution in [1.29, 1.82) is 0 Å². The Morgan fingerprint density at radius 1 is 1.33 bits per heavy atom.